The molecule has 2 aromatic rings. The molecule has 0 aromatic heterocycles. The summed E-state index contributed by atoms with van der Waals surface area (Å²) >= 11 is 5.96. The molecule has 0 bridgehead atoms. The van der Waals surface area contributed by atoms with Crippen LogP contribution in [0, 0.1) is 5.41 Å². The smallest absolute Gasteiger partial charge is 0.387 e. The highest BCUT2D eigenvalue weighted by Crippen LogP contribution is 2.30. The number of hydrogen-bond acceptors (Lipinski definition) is 5. The second kappa shape index (κ2) is 10.6. The molecule has 11 heteroatoms. The summed E-state index contributed by atoms with van der Waals surface area (Å²) in [6, 6.07) is 9.89. The van der Waals surface area contributed by atoms with Gasteiger partial charge in [-0.2, -0.15) is 8.78 Å². The van der Waals surface area contributed by atoms with Crippen molar-refractivity contribution in [2.75, 3.05) is 13.2 Å². The number of likely N-dealkylation sites (tertiary alicyclic amines) is 1. The number of halogens is 3. The van der Waals surface area contributed by atoms with Gasteiger partial charge in [0, 0.05) is 23.7 Å². The molecule has 0 spiro atoms. The van der Waals surface area contributed by atoms with Crippen molar-refractivity contribution in [2.45, 2.75) is 31.5 Å². The lowest BCUT2D eigenvalue weighted by Crippen LogP contribution is -2.59. The lowest BCUT2D eigenvalue weighted by atomic mass is 9.93. The number of nitrogen functional groups attached to an aromatic ring is 1. The van der Waals surface area contributed by atoms with Crippen molar-refractivity contribution < 1.29 is 28.2 Å². The Balaban J connectivity index is 1.65. The van der Waals surface area contributed by atoms with E-state index in [9.17, 15) is 23.5 Å². The molecular weight excluding hydrogens is 458 g/mol. The Morgan fingerprint density at radius 2 is 1.97 bits per heavy atom. The molecule has 8 nitrogen and oxygen atoms in total. The molecule has 0 saturated carbocycles. The Hall–Kier alpha value is -3.24. The van der Waals surface area contributed by atoms with Crippen LogP contribution in [0.15, 0.2) is 42.5 Å². The number of alkyl halides is 2. The van der Waals surface area contributed by atoms with Crippen molar-refractivity contribution in [3.63, 3.8) is 0 Å². The molecule has 0 aliphatic carbocycles. The first-order valence-electron chi connectivity index (χ1n) is 10.1. The third kappa shape index (κ3) is 5.96. The average molecular weight is 481 g/mol. The van der Waals surface area contributed by atoms with Gasteiger partial charge >= 0.3 is 6.61 Å². The fourth-order valence-electron chi connectivity index (χ4n) is 3.52. The van der Waals surface area contributed by atoms with E-state index in [2.05, 4.69) is 10.1 Å². The Bertz CT molecular complexity index is 1040. The fraction of sp³-hybridized carbons (Fsp3) is 0.318. The van der Waals surface area contributed by atoms with Gasteiger partial charge in [-0.3, -0.25) is 15.0 Å². The van der Waals surface area contributed by atoms with Crippen LogP contribution in [-0.4, -0.2) is 53.5 Å². The van der Waals surface area contributed by atoms with Gasteiger partial charge in [0.2, 0.25) is 11.8 Å². The maximum atomic E-state index is 13.0. The maximum Gasteiger partial charge on any atom is 0.387 e. The Morgan fingerprint density at radius 3 is 2.52 bits per heavy atom. The summed E-state index contributed by atoms with van der Waals surface area (Å²) in [7, 11) is 0. The van der Waals surface area contributed by atoms with Crippen molar-refractivity contribution in [1.29, 1.82) is 5.41 Å². The Morgan fingerprint density at radius 1 is 1.27 bits per heavy atom. The zero-order chi connectivity index (χ0) is 24.1. The van der Waals surface area contributed by atoms with Gasteiger partial charge in [0.15, 0.2) is 0 Å². The van der Waals surface area contributed by atoms with Crippen LogP contribution in [0.25, 0.3) is 0 Å². The van der Waals surface area contributed by atoms with Crippen LogP contribution in [0.3, 0.4) is 0 Å². The van der Waals surface area contributed by atoms with Crippen molar-refractivity contribution in [3.05, 3.63) is 64.2 Å². The van der Waals surface area contributed by atoms with Crippen LogP contribution in [0.5, 0.6) is 5.75 Å². The minimum absolute atomic E-state index is 0.0553. The van der Waals surface area contributed by atoms with Crippen LogP contribution >= 0.6 is 11.6 Å². The van der Waals surface area contributed by atoms with Gasteiger partial charge < -0.3 is 25.8 Å². The molecule has 176 valence electrons. The molecule has 2 unspecified atom stereocenters. The topological polar surface area (TPSA) is 129 Å². The van der Waals surface area contributed by atoms with E-state index in [1.807, 2.05) is 0 Å². The first-order chi connectivity index (χ1) is 15.7. The molecule has 0 radical (unpaired) electrons. The highest BCUT2D eigenvalue weighted by atomic mass is 35.5. The van der Waals surface area contributed by atoms with Crippen molar-refractivity contribution in [2.24, 2.45) is 5.73 Å². The summed E-state index contributed by atoms with van der Waals surface area (Å²) in [5.41, 5.74) is 7.00. The van der Waals surface area contributed by atoms with Crippen LogP contribution in [0.1, 0.15) is 29.0 Å². The number of ether oxygens (including phenoxy) is 1. The van der Waals surface area contributed by atoms with Gasteiger partial charge in [-0.05, 0) is 35.7 Å². The average Bonchev–Trinajstić information content (AvgIpc) is 2.71. The first kappa shape index (κ1) is 24.4. The van der Waals surface area contributed by atoms with E-state index >= 15 is 0 Å². The molecule has 1 heterocycles. The molecule has 1 aliphatic rings. The zero-order valence-electron chi connectivity index (χ0n) is 17.4. The standard InChI is InChI=1S/C22H23ClF2N4O4/c23-15-7-14(8-16(9-15)33-22(24)25)17(11-30)21(32)29-6-5-18(29)20(31)28-10-12-1-3-13(4-2-12)19(26)27/h1-4,7-9,17-18,22,30H,5-6,10-11H2,(H3,26,27)(H,28,31). The first-order valence-corrected chi connectivity index (χ1v) is 10.4. The molecule has 33 heavy (non-hydrogen) atoms. The van der Waals surface area contributed by atoms with Gasteiger partial charge in [0.25, 0.3) is 0 Å². The quantitative estimate of drug-likeness (QED) is 0.323. The number of aliphatic hydroxyl groups is 1. The molecular formula is C22H23ClF2N4O4. The van der Waals surface area contributed by atoms with Gasteiger partial charge in [-0.1, -0.05) is 35.9 Å². The number of aliphatic hydroxyl groups excluding tert-OH is 1. The van der Waals surface area contributed by atoms with E-state index in [4.69, 9.17) is 22.7 Å². The van der Waals surface area contributed by atoms with Crippen molar-refractivity contribution in [3.8, 4) is 5.75 Å². The molecule has 5 N–H and O–H groups in total. The molecule has 2 amide bonds. The molecule has 2 atom stereocenters. The number of carbonyl (C=O) groups is 2. The number of rotatable bonds is 9. The predicted octanol–water partition coefficient (Wildman–Crippen LogP) is 2.22. The SMILES string of the molecule is N=C(N)c1ccc(CNC(=O)C2CCN2C(=O)C(CO)c2cc(Cl)cc(OC(F)F)c2)cc1. The normalized spacial score (nSPS) is 16.2. The summed E-state index contributed by atoms with van der Waals surface area (Å²) in [6.07, 6.45) is 0.453. The number of hydrogen-bond donors (Lipinski definition) is 4. The summed E-state index contributed by atoms with van der Waals surface area (Å²) < 4.78 is 29.5. The third-order valence-electron chi connectivity index (χ3n) is 5.34. The van der Waals surface area contributed by atoms with Gasteiger partial charge in [0.05, 0.1) is 12.5 Å². The summed E-state index contributed by atoms with van der Waals surface area (Å²) in [5.74, 6) is -2.24. The zero-order valence-corrected chi connectivity index (χ0v) is 18.2. The minimum Gasteiger partial charge on any atom is -0.435 e. The van der Waals surface area contributed by atoms with Gasteiger partial charge in [0.1, 0.15) is 17.6 Å². The summed E-state index contributed by atoms with van der Waals surface area (Å²) in [4.78, 5) is 27.0. The molecule has 2 aromatic carbocycles. The monoisotopic (exact) mass is 480 g/mol. The second-order valence-corrected chi connectivity index (χ2v) is 7.93. The van der Waals surface area contributed by atoms with Crippen molar-refractivity contribution in [1.82, 2.24) is 10.2 Å². The number of carbonyl (C=O) groups excluding carboxylic acids is 2. The number of nitrogens with two attached hydrogens (primary N) is 1. The summed E-state index contributed by atoms with van der Waals surface area (Å²) in [6.45, 7) is -3.12. The number of nitrogens with one attached hydrogen (secondary N) is 2. The number of amidine groups is 1. The van der Waals surface area contributed by atoms with Crippen molar-refractivity contribution >= 4 is 29.3 Å². The predicted molar refractivity (Wildman–Crippen MR) is 117 cm³/mol. The Kier molecular flexibility index (Phi) is 7.83. The molecule has 1 saturated heterocycles. The third-order valence-corrected chi connectivity index (χ3v) is 5.56. The van der Waals surface area contributed by atoms with E-state index in [1.165, 1.54) is 23.1 Å². The number of nitrogens with zero attached hydrogens (tertiary/aromatic N) is 1. The van der Waals surface area contributed by atoms with Crippen LogP contribution in [0.2, 0.25) is 5.02 Å². The second-order valence-electron chi connectivity index (χ2n) is 7.50. The lowest BCUT2D eigenvalue weighted by molar-refractivity contribution is -0.149. The van der Waals surface area contributed by atoms with E-state index < -0.39 is 31.1 Å². The van der Waals surface area contributed by atoms with E-state index in [0.717, 1.165) is 5.56 Å². The molecule has 1 fully saturated rings. The van der Waals surface area contributed by atoms with Gasteiger partial charge in [-0.15, -0.1) is 0 Å². The molecule has 3 rings (SSSR count). The molecule has 1 aliphatic heterocycles. The van der Waals surface area contributed by atoms with Gasteiger partial charge in [-0.25, -0.2) is 0 Å². The number of amides is 2. The van der Waals surface area contributed by atoms with E-state index in [1.54, 1.807) is 24.3 Å². The fourth-order valence-corrected chi connectivity index (χ4v) is 3.75. The largest absolute Gasteiger partial charge is 0.435 e. The number of benzene rings is 2. The van der Waals surface area contributed by atoms with E-state index in [-0.39, 0.29) is 34.6 Å². The van der Waals surface area contributed by atoms with E-state index in [0.29, 0.717) is 18.5 Å². The maximum absolute atomic E-state index is 13.0. The van der Waals surface area contributed by atoms with Crippen LogP contribution in [-0.2, 0) is 16.1 Å². The highest BCUT2D eigenvalue weighted by molar-refractivity contribution is 6.30. The summed E-state index contributed by atoms with van der Waals surface area (Å²) in [5, 5.41) is 20.1. The minimum atomic E-state index is -3.07. The lowest BCUT2D eigenvalue weighted by Gasteiger charge is -2.41. The van der Waals surface area contributed by atoms with Crippen LogP contribution < -0.4 is 15.8 Å². The van der Waals surface area contributed by atoms with Crippen LogP contribution in [0.4, 0.5) is 8.78 Å². The Labute approximate surface area is 193 Å². The highest BCUT2D eigenvalue weighted by Gasteiger charge is 2.40.